The van der Waals surface area contributed by atoms with Crippen molar-refractivity contribution in [3.63, 3.8) is 0 Å². The molecule has 0 fully saturated rings. The molecule has 3 nitrogen and oxygen atoms in total. The lowest BCUT2D eigenvalue weighted by atomic mass is 9.96. The number of rotatable bonds is 7. The van der Waals surface area contributed by atoms with Crippen LogP contribution in [0.25, 0.3) is 0 Å². The molecular formula is C12H25ClN2O. The topological polar surface area (TPSA) is 46.3 Å². The maximum Gasteiger partial charge on any atom is 0.242 e. The molecule has 0 radical (unpaired) electrons. The van der Waals surface area contributed by atoms with Crippen LogP contribution in [0.2, 0.25) is 0 Å². The van der Waals surface area contributed by atoms with Gasteiger partial charge in [-0.2, -0.15) is 0 Å². The fourth-order valence-corrected chi connectivity index (χ4v) is 1.64. The molecule has 0 aromatic rings. The minimum absolute atomic E-state index is 0. The zero-order chi connectivity index (χ0) is 11.9. The Balaban J connectivity index is 0. The lowest BCUT2D eigenvalue weighted by Crippen LogP contribution is -2.52. The number of hydrogen-bond donors (Lipinski definition) is 1. The Morgan fingerprint density at radius 2 is 2.12 bits per heavy atom. The predicted octanol–water partition coefficient (Wildman–Crippen LogP) is 2.35. The van der Waals surface area contributed by atoms with Crippen LogP contribution in [0.15, 0.2) is 12.7 Å². The first-order valence-electron chi connectivity index (χ1n) is 5.61. The summed E-state index contributed by atoms with van der Waals surface area (Å²) in [4.78, 5) is 13.6. The summed E-state index contributed by atoms with van der Waals surface area (Å²) in [5.41, 5.74) is 5.25. The molecule has 0 aromatic carbocycles. The normalized spacial score (nSPS) is 13.5. The molecule has 0 aliphatic carbocycles. The van der Waals surface area contributed by atoms with Crippen molar-refractivity contribution in [2.45, 2.75) is 45.1 Å². The zero-order valence-corrected chi connectivity index (χ0v) is 11.5. The molecule has 0 aromatic heterocycles. The molecule has 0 saturated carbocycles. The summed E-state index contributed by atoms with van der Waals surface area (Å²) in [7, 11) is 1.81. The van der Waals surface area contributed by atoms with E-state index in [-0.39, 0.29) is 18.3 Å². The maximum atomic E-state index is 11.9. The van der Waals surface area contributed by atoms with E-state index >= 15 is 0 Å². The molecule has 1 amide bonds. The predicted molar refractivity (Wildman–Crippen MR) is 71.8 cm³/mol. The summed E-state index contributed by atoms with van der Waals surface area (Å²) in [5.74, 6) is 0.0356. The molecule has 0 rings (SSSR count). The number of nitrogens with zero attached hydrogens (tertiary/aromatic N) is 1. The van der Waals surface area contributed by atoms with Gasteiger partial charge in [0.2, 0.25) is 5.91 Å². The largest absolute Gasteiger partial charge is 0.344 e. The number of nitrogens with two attached hydrogens (primary N) is 1. The number of carbonyl (C=O) groups excluding carboxylic acids is 1. The van der Waals surface area contributed by atoms with Gasteiger partial charge in [-0.25, -0.2) is 0 Å². The Kier molecular flexibility index (Phi) is 9.58. The van der Waals surface area contributed by atoms with Gasteiger partial charge in [-0.05, 0) is 26.2 Å². The van der Waals surface area contributed by atoms with Crippen molar-refractivity contribution in [3.8, 4) is 0 Å². The maximum absolute atomic E-state index is 11.9. The third-order valence-corrected chi connectivity index (χ3v) is 2.51. The smallest absolute Gasteiger partial charge is 0.242 e. The molecule has 0 saturated heterocycles. The summed E-state index contributed by atoms with van der Waals surface area (Å²) in [6.45, 7) is 8.25. The van der Waals surface area contributed by atoms with Crippen LogP contribution in [0.4, 0.5) is 0 Å². The SMILES string of the molecule is C=CCCCN(C)C(=O)C(C)(N)CCC.Cl. The van der Waals surface area contributed by atoms with E-state index in [9.17, 15) is 4.79 Å². The van der Waals surface area contributed by atoms with Crippen molar-refractivity contribution in [2.75, 3.05) is 13.6 Å². The number of hydrogen-bond acceptors (Lipinski definition) is 2. The molecule has 16 heavy (non-hydrogen) atoms. The van der Waals surface area contributed by atoms with Crippen LogP contribution < -0.4 is 5.73 Å². The second kappa shape index (κ2) is 8.59. The Bertz CT molecular complexity index is 217. The summed E-state index contributed by atoms with van der Waals surface area (Å²) in [6, 6.07) is 0. The van der Waals surface area contributed by atoms with Gasteiger partial charge >= 0.3 is 0 Å². The Morgan fingerprint density at radius 3 is 2.56 bits per heavy atom. The van der Waals surface area contributed by atoms with Crippen molar-refractivity contribution in [2.24, 2.45) is 5.73 Å². The molecular weight excluding hydrogens is 224 g/mol. The first-order valence-corrected chi connectivity index (χ1v) is 5.61. The fourth-order valence-electron chi connectivity index (χ4n) is 1.64. The number of allylic oxidation sites excluding steroid dienone is 1. The van der Waals surface area contributed by atoms with Crippen LogP contribution in [0.3, 0.4) is 0 Å². The molecule has 2 N–H and O–H groups in total. The highest BCUT2D eigenvalue weighted by Crippen LogP contribution is 2.12. The lowest BCUT2D eigenvalue weighted by molar-refractivity contribution is -0.135. The summed E-state index contributed by atoms with van der Waals surface area (Å²) in [5, 5.41) is 0. The van der Waals surface area contributed by atoms with Crippen molar-refractivity contribution >= 4 is 18.3 Å². The average molecular weight is 249 g/mol. The van der Waals surface area contributed by atoms with Crippen molar-refractivity contribution in [1.82, 2.24) is 4.90 Å². The van der Waals surface area contributed by atoms with Gasteiger partial charge in [0.25, 0.3) is 0 Å². The fraction of sp³-hybridized carbons (Fsp3) is 0.750. The Labute approximate surface area is 105 Å². The number of halogens is 1. The third kappa shape index (κ3) is 6.13. The van der Waals surface area contributed by atoms with Gasteiger partial charge in [-0.3, -0.25) is 4.79 Å². The molecule has 0 heterocycles. The molecule has 0 bridgehead atoms. The van der Waals surface area contributed by atoms with E-state index in [0.29, 0.717) is 0 Å². The summed E-state index contributed by atoms with van der Waals surface area (Å²) < 4.78 is 0. The van der Waals surface area contributed by atoms with E-state index in [1.54, 1.807) is 4.90 Å². The van der Waals surface area contributed by atoms with Gasteiger partial charge in [0.15, 0.2) is 0 Å². The molecule has 4 heteroatoms. The van der Waals surface area contributed by atoms with Crippen LogP contribution >= 0.6 is 12.4 Å². The first kappa shape index (κ1) is 17.8. The van der Waals surface area contributed by atoms with Gasteiger partial charge in [0.05, 0.1) is 5.54 Å². The number of amides is 1. The highest BCUT2D eigenvalue weighted by Gasteiger charge is 2.29. The molecule has 1 atom stereocenters. The molecule has 96 valence electrons. The number of likely N-dealkylation sites (N-methyl/N-ethyl adjacent to an activating group) is 1. The van der Waals surface area contributed by atoms with Gasteiger partial charge in [-0.1, -0.05) is 19.4 Å². The Morgan fingerprint density at radius 1 is 1.56 bits per heavy atom. The van der Waals surface area contributed by atoms with Crippen LogP contribution in [0.5, 0.6) is 0 Å². The van der Waals surface area contributed by atoms with E-state index in [1.807, 2.05) is 27.0 Å². The van der Waals surface area contributed by atoms with Crippen LogP contribution in [-0.2, 0) is 4.79 Å². The van der Waals surface area contributed by atoms with Crippen molar-refractivity contribution < 1.29 is 4.79 Å². The zero-order valence-electron chi connectivity index (χ0n) is 10.7. The highest BCUT2D eigenvalue weighted by molar-refractivity contribution is 5.85. The molecule has 0 aliphatic rings. The van der Waals surface area contributed by atoms with Crippen molar-refractivity contribution in [3.05, 3.63) is 12.7 Å². The lowest BCUT2D eigenvalue weighted by Gasteiger charge is -2.28. The summed E-state index contributed by atoms with van der Waals surface area (Å²) >= 11 is 0. The minimum Gasteiger partial charge on any atom is -0.344 e. The van der Waals surface area contributed by atoms with E-state index in [2.05, 4.69) is 6.58 Å². The number of carbonyl (C=O) groups is 1. The minimum atomic E-state index is -0.711. The standard InChI is InChI=1S/C12H24N2O.ClH/c1-5-7-8-10-14(4)11(15)12(3,13)9-6-2;/h5H,1,6-10,13H2,2-4H3;1H. The second-order valence-corrected chi connectivity index (χ2v) is 4.33. The van der Waals surface area contributed by atoms with E-state index in [4.69, 9.17) is 5.73 Å². The van der Waals surface area contributed by atoms with Crippen molar-refractivity contribution in [1.29, 1.82) is 0 Å². The first-order chi connectivity index (χ1) is 6.95. The van der Waals surface area contributed by atoms with E-state index in [0.717, 1.165) is 32.2 Å². The van der Waals surface area contributed by atoms with Crippen LogP contribution in [-0.4, -0.2) is 29.9 Å². The second-order valence-electron chi connectivity index (χ2n) is 4.33. The monoisotopic (exact) mass is 248 g/mol. The highest BCUT2D eigenvalue weighted by atomic mass is 35.5. The molecule has 1 unspecified atom stereocenters. The number of unbranched alkanes of at least 4 members (excludes halogenated alkanes) is 1. The Hall–Kier alpha value is -0.540. The van der Waals surface area contributed by atoms with E-state index in [1.165, 1.54) is 0 Å². The van der Waals surface area contributed by atoms with E-state index < -0.39 is 5.54 Å². The van der Waals surface area contributed by atoms with Gasteiger partial charge < -0.3 is 10.6 Å². The molecule has 0 aliphatic heterocycles. The quantitative estimate of drug-likeness (QED) is 0.555. The van der Waals surface area contributed by atoms with Gasteiger partial charge in [0, 0.05) is 13.6 Å². The third-order valence-electron chi connectivity index (χ3n) is 2.51. The molecule has 0 spiro atoms. The van der Waals surface area contributed by atoms with Gasteiger partial charge in [0.1, 0.15) is 0 Å². The average Bonchev–Trinajstić information content (AvgIpc) is 2.16. The van der Waals surface area contributed by atoms with Gasteiger partial charge in [-0.15, -0.1) is 19.0 Å². The van der Waals surface area contributed by atoms with Crippen LogP contribution in [0.1, 0.15) is 39.5 Å². The summed E-state index contributed by atoms with van der Waals surface area (Å²) in [6.07, 6.45) is 5.42. The van der Waals surface area contributed by atoms with Crippen LogP contribution in [0, 0.1) is 0 Å².